The van der Waals surface area contributed by atoms with Crippen LogP contribution in [0.3, 0.4) is 0 Å². The fourth-order valence-electron chi connectivity index (χ4n) is 2.27. The molecule has 1 aromatic carbocycles. The number of carbonyl (C=O) groups is 1. The molecule has 2 rings (SSSR count). The van der Waals surface area contributed by atoms with E-state index in [1.807, 2.05) is 11.0 Å². The van der Waals surface area contributed by atoms with Gasteiger partial charge in [0, 0.05) is 12.6 Å². The van der Waals surface area contributed by atoms with Crippen molar-refractivity contribution in [2.45, 2.75) is 25.9 Å². The quantitative estimate of drug-likeness (QED) is 0.870. The maximum atomic E-state index is 11.9. The molecule has 0 aromatic heterocycles. The molecule has 1 aromatic rings. The van der Waals surface area contributed by atoms with E-state index in [9.17, 15) is 4.79 Å². The second kappa shape index (κ2) is 6.03. The van der Waals surface area contributed by atoms with Gasteiger partial charge in [0.1, 0.15) is 0 Å². The summed E-state index contributed by atoms with van der Waals surface area (Å²) in [4.78, 5) is 13.8. The lowest BCUT2D eigenvalue weighted by Crippen LogP contribution is -2.45. The number of carbonyl (C=O) groups excluding carboxylic acids is 1. The summed E-state index contributed by atoms with van der Waals surface area (Å²) < 4.78 is 0. The first-order valence-electron chi connectivity index (χ1n) is 5.73. The Labute approximate surface area is 109 Å². The Kier molecular flexibility index (Phi) is 4.97. The number of fused-ring (bicyclic) bond motifs is 1. The van der Waals surface area contributed by atoms with Crippen LogP contribution in [-0.4, -0.2) is 30.4 Å². The predicted octanol–water partition coefficient (Wildman–Crippen LogP) is 1.60. The van der Waals surface area contributed by atoms with Crippen LogP contribution in [-0.2, 0) is 17.8 Å². The van der Waals surface area contributed by atoms with Gasteiger partial charge < -0.3 is 10.2 Å². The Balaban J connectivity index is 0.00000144. The molecule has 0 bridgehead atoms. The molecular formula is C13H19ClN2O. The van der Waals surface area contributed by atoms with Crippen molar-refractivity contribution in [2.24, 2.45) is 0 Å². The fourth-order valence-corrected chi connectivity index (χ4v) is 2.27. The van der Waals surface area contributed by atoms with Crippen LogP contribution in [0.1, 0.15) is 18.1 Å². The number of halogens is 1. The smallest absolute Gasteiger partial charge is 0.237 e. The maximum Gasteiger partial charge on any atom is 0.237 e. The lowest BCUT2D eigenvalue weighted by molar-refractivity contribution is -0.133. The number of nitrogens with zero attached hydrogens (tertiary/aromatic N) is 1. The zero-order valence-electron chi connectivity index (χ0n) is 10.3. The SMILES string of the molecule is CNCC(=O)N1Cc2ccccc2CC1C.Cl. The summed E-state index contributed by atoms with van der Waals surface area (Å²) in [5.74, 6) is 0.185. The summed E-state index contributed by atoms with van der Waals surface area (Å²) in [6.07, 6.45) is 0.964. The van der Waals surface area contributed by atoms with Gasteiger partial charge in [-0.1, -0.05) is 24.3 Å². The number of rotatable bonds is 2. The van der Waals surface area contributed by atoms with Crippen LogP contribution >= 0.6 is 12.4 Å². The Bertz CT molecular complexity index is 395. The van der Waals surface area contributed by atoms with Gasteiger partial charge in [0.25, 0.3) is 0 Å². The van der Waals surface area contributed by atoms with Crippen molar-refractivity contribution in [1.82, 2.24) is 10.2 Å². The summed E-state index contributed by atoms with van der Waals surface area (Å²) in [6.45, 7) is 3.29. The van der Waals surface area contributed by atoms with E-state index in [0.29, 0.717) is 12.6 Å². The number of nitrogens with one attached hydrogen (secondary N) is 1. The zero-order chi connectivity index (χ0) is 11.5. The number of benzene rings is 1. The van der Waals surface area contributed by atoms with Gasteiger partial charge in [-0.05, 0) is 31.5 Å². The van der Waals surface area contributed by atoms with E-state index < -0.39 is 0 Å². The van der Waals surface area contributed by atoms with Gasteiger partial charge in [0.15, 0.2) is 0 Å². The molecule has 0 saturated carbocycles. The summed E-state index contributed by atoms with van der Waals surface area (Å²) in [5, 5.41) is 2.92. The maximum absolute atomic E-state index is 11.9. The highest BCUT2D eigenvalue weighted by Gasteiger charge is 2.25. The predicted molar refractivity (Wildman–Crippen MR) is 71.3 cm³/mol. The van der Waals surface area contributed by atoms with Crippen LogP contribution in [0, 0.1) is 0 Å². The van der Waals surface area contributed by atoms with Crippen LogP contribution in [0.25, 0.3) is 0 Å². The van der Waals surface area contributed by atoms with E-state index in [1.54, 1.807) is 7.05 Å². The minimum absolute atomic E-state index is 0. The second-order valence-electron chi connectivity index (χ2n) is 4.37. The molecule has 1 aliphatic heterocycles. The van der Waals surface area contributed by atoms with Crippen molar-refractivity contribution in [1.29, 1.82) is 0 Å². The molecular weight excluding hydrogens is 236 g/mol. The van der Waals surface area contributed by atoms with E-state index in [0.717, 1.165) is 13.0 Å². The van der Waals surface area contributed by atoms with E-state index >= 15 is 0 Å². The van der Waals surface area contributed by atoms with E-state index in [4.69, 9.17) is 0 Å². The lowest BCUT2D eigenvalue weighted by Gasteiger charge is -2.35. The van der Waals surface area contributed by atoms with Gasteiger partial charge in [0.2, 0.25) is 5.91 Å². The van der Waals surface area contributed by atoms with Crippen molar-refractivity contribution < 1.29 is 4.79 Å². The molecule has 94 valence electrons. The highest BCUT2D eigenvalue weighted by Crippen LogP contribution is 2.22. The highest BCUT2D eigenvalue weighted by atomic mass is 35.5. The van der Waals surface area contributed by atoms with Crippen LogP contribution in [0.2, 0.25) is 0 Å². The Morgan fingerprint density at radius 3 is 2.71 bits per heavy atom. The largest absolute Gasteiger partial charge is 0.334 e. The van der Waals surface area contributed by atoms with Crippen molar-refractivity contribution in [3.8, 4) is 0 Å². The third-order valence-electron chi connectivity index (χ3n) is 3.15. The number of likely N-dealkylation sites (N-methyl/N-ethyl adjacent to an activating group) is 1. The van der Waals surface area contributed by atoms with Crippen LogP contribution in [0.5, 0.6) is 0 Å². The highest BCUT2D eigenvalue weighted by molar-refractivity contribution is 5.85. The first kappa shape index (κ1) is 14.0. The van der Waals surface area contributed by atoms with Crippen molar-refractivity contribution in [3.63, 3.8) is 0 Å². The van der Waals surface area contributed by atoms with Crippen LogP contribution < -0.4 is 5.32 Å². The number of hydrogen-bond acceptors (Lipinski definition) is 2. The number of amides is 1. The van der Waals surface area contributed by atoms with Crippen LogP contribution in [0.4, 0.5) is 0 Å². The minimum Gasteiger partial charge on any atom is -0.334 e. The molecule has 0 spiro atoms. The van der Waals surface area contributed by atoms with Gasteiger partial charge in [-0.25, -0.2) is 0 Å². The summed E-state index contributed by atoms with van der Waals surface area (Å²) in [7, 11) is 1.81. The molecule has 1 aliphatic rings. The first-order valence-corrected chi connectivity index (χ1v) is 5.73. The molecule has 0 aliphatic carbocycles. The van der Waals surface area contributed by atoms with E-state index in [2.05, 4.69) is 30.4 Å². The summed E-state index contributed by atoms with van der Waals surface area (Å²) in [6, 6.07) is 8.68. The topological polar surface area (TPSA) is 32.3 Å². The number of hydrogen-bond donors (Lipinski definition) is 1. The van der Waals surface area contributed by atoms with E-state index in [1.165, 1.54) is 11.1 Å². The van der Waals surface area contributed by atoms with Gasteiger partial charge in [-0.2, -0.15) is 0 Å². The molecule has 4 heteroatoms. The molecule has 1 amide bonds. The van der Waals surface area contributed by atoms with Crippen molar-refractivity contribution in [2.75, 3.05) is 13.6 Å². The third-order valence-corrected chi connectivity index (χ3v) is 3.15. The van der Waals surface area contributed by atoms with E-state index in [-0.39, 0.29) is 18.3 Å². The van der Waals surface area contributed by atoms with Gasteiger partial charge in [-0.3, -0.25) is 4.79 Å². The minimum atomic E-state index is 0. The Morgan fingerprint density at radius 1 is 1.41 bits per heavy atom. The Morgan fingerprint density at radius 2 is 2.06 bits per heavy atom. The molecule has 3 nitrogen and oxygen atoms in total. The van der Waals surface area contributed by atoms with Crippen LogP contribution in [0.15, 0.2) is 24.3 Å². The first-order chi connectivity index (χ1) is 7.72. The molecule has 0 fully saturated rings. The average Bonchev–Trinajstić information content (AvgIpc) is 2.28. The van der Waals surface area contributed by atoms with Gasteiger partial charge in [0.05, 0.1) is 6.54 Å². The van der Waals surface area contributed by atoms with Crippen molar-refractivity contribution in [3.05, 3.63) is 35.4 Å². The molecule has 17 heavy (non-hydrogen) atoms. The summed E-state index contributed by atoms with van der Waals surface area (Å²) in [5.41, 5.74) is 2.66. The van der Waals surface area contributed by atoms with Gasteiger partial charge >= 0.3 is 0 Å². The summed E-state index contributed by atoms with van der Waals surface area (Å²) >= 11 is 0. The fraction of sp³-hybridized carbons (Fsp3) is 0.462. The molecule has 0 radical (unpaired) electrons. The van der Waals surface area contributed by atoms with Gasteiger partial charge in [-0.15, -0.1) is 12.4 Å². The monoisotopic (exact) mass is 254 g/mol. The molecule has 1 unspecified atom stereocenters. The Hall–Kier alpha value is -1.06. The molecule has 1 atom stereocenters. The average molecular weight is 255 g/mol. The normalized spacial score (nSPS) is 18.2. The third kappa shape index (κ3) is 2.99. The lowest BCUT2D eigenvalue weighted by atomic mass is 9.95. The molecule has 0 saturated heterocycles. The standard InChI is InChI=1S/C13H18N2O.ClH/c1-10-7-11-5-3-4-6-12(11)9-15(10)13(16)8-14-2;/h3-6,10,14H,7-9H2,1-2H3;1H. The zero-order valence-corrected chi connectivity index (χ0v) is 11.1. The molecule has 1 N–H and O–H groups in total. The van der Waals surface area contributed by atoms with Crippen molar-refractivity contribution >= 4 is 18.3 Å². The molecule has 1 heterocycles. The second-order valence-corrected chi connectivity index (χ2v) is 4.37.